The molecular weight excluding hydrogens is 463 g/mol. The lowest BCUT2D eigenvalue weighted by molar-refractivity contribution is 0.473. The summed E-state index contributed by atoms with van der Waals surface area (Å²) in [5.41, 5.74) is 3.62. The van der Waals surface area contributed by atoms with Crippen LogP contribution in [0.15, 0.2) is 41.5 Å². The van der Waals surface area contributed by atoms with Gasteiger partial charge in [0.1, 0.15) is 0 Å². The SMILES string of the molecule is CCNC(=NCCN(C)c1ccccc1)N(C)Cc1cn(C)nc1C(C)C.I. The zero-order chi connectivity index (χ0) is 19.8. The molecule has 0 fully saturated rings. The van der Waals surface area contributed by atoms with Crippen LogP contribution in [-0.4, -0.2) is 54.4 Å². The fourth-order valence-electron chi connectivity index (χ4n) is 3.08. The Morgan fingerprint density at radius 3 is 2.50 bits per heavy atom. The van der Waals surface area contributed by atoms with Gasteiger partial charge < -0.3 is 15.1 Å². The summed E-state index contributed by atoms with van der Waals surface area (Å²) in [5.74, 6) is 1.34. The molecule has 0 atom stereocenters. The molecule has 0 bridgehead atoms. The minimum absolute atomic E-state index is 0. The standard InChI is InChI=1S/C21H34N6.HI/c1-7-22-21(23-13-14-25(4)19-11-9-8-10-12-19)26(5)15-18-16-27(6)24-20(18)17(2)3;/h8-12,16-17H,7,13-15H2,1-6H3,(H,22,23);1H. The van der Waals surface area contributed by atoms with Crippen LogP contribution in [0.3, 0.4) is 0 Å². The predicted molar refractivity (Wildman–Crippen MR) is 130 cm³/mol. The number of aryl methyl sites for hydroxylation is 1. The van der Waals surface area contributed by atoms with Crippen LogP contribution >= 0.6 is 24.0 Å². The van der Waals surface area contributed by atoms with E-state index >= 15 is 0 Å². The van der Waals surface area contributed by atoms with E-state index in [2.05, 4.69) is 85.5 Å². The number of anilines is 1. The molecule has 28 heavy (non-hydrogen) atoms. The van der Waals surface area contributed by atoms with Crippen molar-refractivity contribution in [3.05, 3.63) is 47.8 Å². The Bertz CT molecular complexity index is 726. The molecule has 0 spiro atoms. The first-order chi connectivity index (χ1) is 12.9. The summed E-state index contributed by atoms with van der Waals surface area (Å²) in [5, 5.41) is 8.01. The number of benzene rings is 1. The second-order valence-corrected chi connectivity index (χ2v) is 7.22. The molecule has 0 unspecified atom stereocenters. The first-order valence-corrected chi connectivity index (χ1v) is 9.70. The van der Waals surface area contributed by atoms with E-state index in [-0.39, 0.29) is 24.0 Å². The normalized spacial score (nSPS) is 11.3. The van der Waals surface area contributed by atoms with Crippen molar-refractivity contribution in [2.24, 2.45) is 12.0 Å². The van der Waals surface area contributed by atoms with Gasteiger partial charge in [-0.25, -0.2) is 0 Å². The summed E-state index contributed by atoms with van der Waals surface area (Å²) in [4.78, 5) is 9.22. The Hall–Kier alpha value is -1.77. The molecular formula is C21H35IN6. The van der Waals surface area contributed by atoms with Crippen molar-refractivity contribution in [3.8, 4) is 0 Å². The minimum Gasteiger partial charge on any atom is -0.373 e. The highest BCUT2D eigenvalue weighted by atomic mass is 127. The van der Waals surface area contributed by atoms with E-state index in [0.29, 0.717) is 5.92 Å². The number of aromatic nitrogens is 2. The number of nitrogens with zero attached hydrogens (tertiary/aromatic N) is 5. The molecule has 0 amide bonds. The monoisotopic (exact) mass is 498 g/mol. The van der Waals surface area contributed by atoms with E-state index in [1.807, 2.05) is 17.8 Å². The van der Waals surface area contributed by atoms with Crippen LogP contribution in [-0.2, 0) is 13.6 Å². The van der Waals surface area contributed by atoms with Crippen LogP contribution in [0.4, 0.5) is 5.69 Å². The highest BCUT2D eigenvalue weighted by Gasteiger charge is 2.15. The molecule has 0 aliphatic rings. The van der Waals surface area contributed by atoms with Crippen molar-refractivity contribution in [2.75, 3.05) is 38.6 Å². The van der Waals surface area contributed by atoms with Gasteiger partial charge in [-0.3, -0.25) is 9.67 Å². The summed E-state index contributed by atoms with van der Waals surface area (Å²) in [7, 11) is 6.17. The van der Waals surface area contributed by atoms with Gasteiger partial charge in [0, 0.05) is 58.2 Å². The number of likely N-dealkylation sites (N-methyl/N-ethyl adjacent to an activating group) is 1. The third-order valence-electron chi connectivity index (χ3n) is 4.48. The van der Waals surface area contributed by atoms with Gasteiger partial charge in [-0.05, 0) is 25.0 Å². The van der Waals surface area contributed by atoms with Crippen molar-refractivity contribution in [1.29, 1.82) is 0 Å². The van der Waals surface area contributed by atoms with Crippen LogP contribution in [0, 0.1) is 0 Å². The van der Waals surface area contributed by atoms with Crippen LogP contribution in [0.25, 0.3) is 0 Å². The van der Waals surface area contributed by atoms with Gasteiger partial charge in [0.15, 0.2) is 5.96 Å². The zero-order valence-electron chi connectivity index (χ0n) is 18.0. The largest absolute Gasteiger partial charge is 0.373 e. The Morgan fingerprint density at radius 2 is 1.89 bits per heavy atom. The highest BCUT2D eigenvalue weighted by Crippen LogP contribution is 2.18. The fourth-order valence-corrected chi connectivity index (χ4v) is 3.08. The number of rotatable bonds is 8. The number of nitrogens with one attached hydrogen (secondary N) is 1. The number of guanidine groups is 1. The summed E-state index contributed by atoms with van der Waals surface area (Å²) < 4.78 is 1.90. The molecule has 7 heteroatoms. The first-order valence-electron chi connectivity index (χ1n) is 9.70. The second kappa shape index (κ2) is 11.9. The number of halogens is 1. The second-order valence-electron chi connectivity index (χ2n) is 7.22. The molecule has 6 nitrogen and oxygen atoms in total. The lowest BCUT2D eigenvalue weighted by Gasteiger charge is -2.23. The summed E-state index contributed by atoms with van der Waals surface area (Å²) in [6, 6.07) is 10.4. The average molecular weight is 498 g/mol. The molecule has 2 aromatic rings. The van der Waals surface area contributed by atoms with Gasteiger partial charge >= 0.3 is 0 Å². The predicted octanol–water partition coefficient (Wildman–Crippen LogP) is 3.70. The Balaban J connectivity index is 0.00000392. The molecule has 1 aromatic heterocycles. The maximum atomic E-state index is 4.82. The van der Waals surface area contributed by atoms with E-state index in [1.54, 1.807) is 0 Å². The van der Waals surface area contributed by atoms with E-state index in [0.717, 1.165) is 37.8 Å². The van der Waals surface area contributed by atoms with E-state index in [9.17, 15) is 0 Å². The average Bonchev–Trinajstić information content (AvgIpc) is 3.02. The maximum Gasteiger partial charge on any atom is 0.194 e. The van der Waals surface area contributed by atoms with Gasteiger partial charge in [-0.15, -0.1) is 24.0 Å². The van der Waals surface area contributed by atoms with Gasteiger partial charge in [0.25, 0.3) is 0 Å². The van der Waals surface area contributed by atoms with Gasteiger partial charge in [0.05, 0.1) is 12.2 Å². The number of para-hydroxylation sites is 1. The molecule has 1 aromatic carbocycles. The smallest absolute Gasteiger partial charge is 0.194 e. The van der Waals surface area contributed by atoms with Crippen molar-refractivity contribution in [3.63, 3.8) is 0 Å². The van der Waals surface area contributed by atoms with Gasteiger partial charge in [-0.1, -0.05) is 32.0 Å². The van der Waals surface area contributed by atoms with Gasteiger partial charge in [-0.2, -0.15) is 5.10 Å². The number of hydrogen-bond donors (Lipinski definition) is 1. The zero-order valence-corrected chi connectivity index (χ0v) is 20.3. The third-order valence-corrected chi connectivity index (χ3v) is 4.48. The first kappa shape index (κ1) is 24.3. The molecule has 0 aliphatic carbocycles. The molecule has 0 aliphatic heterocycles. The van der Waals surface area contributed by atoms with Crippen LogP contribution < -0.4 is 10.2 Å². The lowest BCUT2D eigenvalue weighted by Crippen LogP contribution is -2.39. The highest BCUT2D eigenvalue weighted by molar-refractivity contribution is 14.0. The molecule has 1 N–H and O–H groups in total. The fraction of sp³-hybridized carbons (Fsp3) is 0.524. The lowest BCUT2D eigenvalue weighted by atomic mass is 10.1. The maximum absolute atomic E-state index is 4.82. The summed E-state index contributed by atoms with van der Waals surface area (Å²) in [6.45, 7) is 9.72. The summed E-state index contributed by atoms with van der Waals surface area (Å²) in [6.07, 6.45) is 2.11. The minimum atomic E-state index is 0. The van der Waals surface area contributed by atoms with E-state index in [4.69, 9.17) is 4.99 Å². The topological polar surface area (TPSA) is 48.7 Å². The Labute approximate surface area is 187 Å². The van der Waals surface area contributed by atoms with Crippen LogP contribution in [0.1, 0.15) is 37.9 Å². The molecule has 156 valence electrons. The van der Waals surface area contributed by atoms with Crippen molar-refractivity contribution in [2.45, 2.75) is 33.2 Å². The Morgan fingerprint density at radius 1 is 1.21 bits per heavy atom. The van der Waals surface area contributed by atoms with Crippen molar-refractivity contribution >= 4 is 35.6 Å². The molecule has 0 saturated carbocycles. The third kappa shape index (κ3) is 7.00. The van der Waals surface area contributed by atoms with Gasteiger partial charge in [0.2, 0.25) is 0 Å². The van der Waals surface area contributed by atoms with Crippen LogP contribution in [0.5, 0.6) is 0 Å². The molecule has 2 rings (SSSR count). The van der Waals surface area contributed by atoms with Crippen LogP contribution in [0.2, 0.25) is 0 Å². The number of aliphatic imine (C=N–C) groups is 1. The molecule has 0 radical (unpaired) electrons. The quantitative estimate of drug-likeness (QED) is 0.343. The van der Waals surface area contributed by atoms with Crippen molar-refractivity contribution < 1.29 is 0 Å². The van der Waals surface area contributed by atoms with Crippen molar-refractivity contribution in [1.82, 2.24) is 20.0 Å². The number of hydrogen-bond acceptors (Lipinski definition) is 3. The van der Waals surface area contributed by atoms with E-state index in [1.165, 1.54) is 11.3 Å². The Kier molecular flexibility index (Phi) is 10.3. The molecule has 1 heterocycles. The summed E-state index contributed by atoms with van der Waals surface area (Å²) >= 11 is 0. The molecule has 0 saturated heterocycles. The van der Waals surface area contributed by atoms with E-state index < -0.39 is 0 Å².